The van der Waals surface area contributed by atoms with E-state index in [2.05, 4.69) is 17.7 Å². The highest BCUT2D eigenvalue weighted by atomic mass is 32.2. The Bertz CT molecular complexity index is 768. The molecule has 136 valence electrons. The predicted octanol–water partition coefficient (Wildman–Crippen LogP) is 2.34. The summed E-state index contributed by atoms with van der Waals surface area (Å²) in [4.78, 5) is 14.8. The van der Waals surface area contributed by atoms with Gasteiger partial charge in [-0.05, 0) is 62.8 Å². The van der Waals surface area contributed by atoms with E-state index in [9.17, 15) is 13.2 Å². The maximum absolute atomic E-state index is 12.5. The number of amides is 1. The van der Waals surface area contributed by atoms with E-state index in [1.807, 2.05) is 4.90 Å². The zero-order chi connectivity index (χ0) is 18.0. The molecular weight excluding hydrogens is 336 g/mol. The molecule has 1 aromatic rings. The minimum atomic E-state index is -3.41. The number of hydrogen-bond donors (Lipinski definition) is 1. The molecule has 25 heavy (non-hydrogen) atoms. The number of carbonyl (C=O) groups excluding carboxylic acids is 1. The number of likely N-dealkylation sites (tertiary alicyclic amines) is 1. The van der Waals surface area contributed by atoms with Crippen LogP contribution in [-0.2, 0) is 21.2 Å². The Morgan fingerprint density at radius 1 is 1.20 bits per heavy atom. The van der Waals surface area contributed by atoms with Crippen molar-refractivity contribution in [3.05, 3.63) is 41.5 Å². The summed E-state index contributed by atoms with van der Waals surface area (Å²) in [5, 5.41) is 0. The molecule has 0 bridgehead atoms. The quantitative estimate of drug-likeness (QED) is 0.818. The van der Waals surface area contributed by atoms with Gasteiger partial charge in [-0.25, -0.2) is 13.1 Å². The Balaban J connectivity index is 1.53. The van der Waals surface area contributed by atoms with Crippen LogP contribution in [0.4, 0.5) is 0 Å². The van der Waals surface area contributed by atoms with Crippen LogP contribution in [0.5, 0.6) is 0 Å². The van der Waals surface area contributed by atoms with Gasteiger partial charge in [0.05, 0.1) is 4.90 Å². The Kier molecular flexibility index (Phi) is 5.29. The second-order valence-corrected chi connectivity index (χ2v) is 9.05. The van der Waals surface area contributed by atoms with Gasteiger partial charge in [0, 0.05) is 19.5 Å². The third kappa shape index (κ3) is 4.12. The van der Waals surface area contributed by atoms with Crippen LogP contribution in [0.3, 0.4) is 0 Å². The summed E-state index contributed by atoms with van der Waals surface area (Å²) < 4.78 is 25.7. The van der Waals surface area contributed by atoms with Gasteiger partial charge in [-0.3, -0.25) is 4.79 Å². The Morgan fingerprint density at radius 3 is 2.56 bits per heavy atom. The van der Waals surface area contributed by atoms with Gasteiger partial charge >= 0.3 is 0 Å². The third-order valence-corrected chi connectivity index (χ3v) is 6.84. The molecule has 2 atom stereocenters. The topological polar surface area (TPSA) is 66.5 Å². The van der Waals surface area contributed by atoms with E-state index >= 15 is 0 Å². The summed E-state index contributed by atoms with van der Waals surface area (Å²) >= 11 is 0. The van der Waals surface area contributed by atoms with E-state index in [4.69, 9.17) is 0 Å². The molecule has 1 amide bonds. The summed E-state index contributed by atoms with van der Waals surface area (Å²) in [6.45, 7) is 3.94. The van der Waals surface area contributed by atoms with Gasteiger partial charge in [-0.2, -0.15) is 0 Å². The number of carbonyl (C=O) groups is 1. The third-order valence-electron chi connectivity index (χ3n) is 5.41. The number of sulfonamides is 1. The van der Waals surface area contributed by atoms with Crippen molar-refractivity contribution < 1.29 is 13.2 Å². The molecule has 1 aromatic carbocycles. The first-order valence-electron chi connectivity index (χ1n) is 8.85. The van der Waals surface area contributed by atoms with Crippen molar-refractivity contribution in [3.63, 3.8) is 0 Å². The largest absolute Gasteiger partial charge is 0.342 e. The normalized spacial score (nSPS) is 23.3. The van der Waals surface area contributed by atoms with Crippen LogP contribution in [0.15, 0.2) is 40.8 Å². The van der Waals surface area contributed by atoms with E-state index < -0.39 is 10.0 Å². The fourth-order valence-electron chi connectivity index (χ4n) is 3.85. The average Bonchev–Trinajstić information content (AvgIpc) is 3.03. The Labute approximate surface area is 150 Å². The predicted molar refractivity (Wildman–Crippen MR) is 97.6 cm³/mol. The van der Waals surface area contributed by atoms with Crippen LogP contribution in [0, 0.1) is 11.8 Å². The Hall–Kier alpha value is -1.66. The SMILES string of the molecule is CNS(=O)(=O)c1ccc(CCC(=O)N2C[C@H]3CC(C)=CC[C@H]3C2)cc1. The minimum Gasteiger partial charge on any atom is -0.342 e. The molecule has 1 fully saturated rings. The molecule has 0 aromatic heterocycles. The summed E-state index contributed by atoms with van der Waals surface area (Å²) in [5.74, 6) is 1.46. The fourth-order valence-corrected chi connectivity index (χ4v) is 4.58. The number of fused-ring (bicyclic) bond motifs is 1. The van der Waals surface area contributed by atoms with Gasteiger partial charge in [0.2, 0.25) is 15.9 Å². The minimum absolute atomic E-state index is 0.207. The maximum atomic E-state index is 12.5. The van der Waals surface area contributed by atoms with Crippen LogP contribution in [-0.4, -0.2) is 39.4 Å². The molecule has 3 rings (SSSR count). The van der Waals surface area contributed by atoms with Crippen LogP contribution in [0.2, 0.25) is 0 Å². The maximum Gasteiger partial charge on any atom is 0.240 e. The molecule has 2 aliphatic rings. The average molecular weight is 362 g/mol. The molecule has 1 saturated heterocycles. The highest BCUT2D eigenvalue weighted by Gasteiger charge is 2.35. The number of aryl methyl sites for hydroxylation is 1. The zero-order valence-electron chi connectivity index (χ0n) is 14.9. The first-order chi connectivity index (χ1) is 11.9. The van der Waals surface area contributed by atoms with E-state index in [-0.39, 0.29) is 10.8 Å². The summed E-state index contributed by atoms with van der Waals surface area (Å²) in [6.07, 6.45) is 5.65. The molecule has 0 saturated carbocycles. The lowest BCUT2D eigenvalue weighted by molar-refractivity contribution is -0.130. The van der Waals surface area contributed by atoms with E-state index in [0.717, 1.165) is 31.5 Å². The summed E-state index contributed by atoms with van der Waals surface area (Å²) in [5.41, 5.74) is 2.43. The number of hydrogen-bond acceptors (Lipinski definition) is 3. The van der Waals surface area contributed by atoms with Crippen molar-refractivity contribution in [1.82, 2.24) is 9.62 Å². The lowest BCUT2D eigenvalue weighted by Gasteiger charge is -2.21. The van der Waals surface area contributed by atoms with Crippen LogP contribution < -0.4 is 4.72 Å². The fraction of sp³-hybridized carbons (Fsp3) is 0.526. The van der Waals surface area contributed by atoms with Gasteiger partial charge in [0.15, 0.2) is 0 Å². The van der Waals surface area contributed by atoms with Crippen LogP contribution >= 0.6 is 0 Å². The lowest BCUT2D eigenvalue weighted by Crippen LogP contribution is -2.29. The highest BCUT2D eigenvalue weighted by molar-refractivity contribution is 7.89. The molecular formula is C19H26N2O3S. The van der Waals surface area contributed by atoms with Gasteiger partial charge in [-0.15, -0.1) is 0 Å². The summed E-state index contributed by atoms with van der Waals surface area (Å²) in [6, 6.07) is 6.75. The van der Waals surface area contributed by atoms with Gasteiger partial charge in [0.25, 0.3) is 0 Å². The molecule has 1 N–H and O–H groups in total. The molecule has 0 unspecified atom stereocenters. The van der Waals surface area contributed by atoms with Crippen molar-refractivity contribution in [1.29, 1.82) is 0 Å². The first kappa shape index (κ1) is 18.1. The highest BCUT2D eigenvalue weighted by Crippen LogP contribution is 2.35. The van der Waals surface area contributed by atoms with Crippen molar-refractivity contribution in [2.45, 2.75) is 37.5 Å². The molecule has 1 aliphatic heterocycles. The Morgan fingerprint density at radius 2 is 1.88 bits per heavy atom. The molecule has 0 spiro atoms. The number of rotatable bonds is 5. The first-order valence-corrected chi connectivity index (χ1v) is 10.3. The zero-order valence-corrected chi connectivity index (χ0v) is 15.7. The van der Waals surface area contributed by atoms with Crippen molar-refractivity contribution in [2.75, 3.05) is 20.1 Å². The van der Waals surface area contributed by atoms with Gasteiger partial charge in [0.1, 0.15) is 0 Å². The number of allylic oxidation sites excluding steroid dienone is 2. The molecule has 1 heterocycles. The van der Waals surface area contributed by atoms with Crippen molar-refractivity contribution in [3.8, 4) is 0 Å². The molecule has 6 heteroatoms. The molecule has 1 aliphatic carbocycles. The number of benzene rings is 1. The van der Waals surface area contributed by atoms with Crippen LogP contribution in [0.25, 0.3) is 0 Å². The van der Waals surface area contributed by atoms with E-state index in [1.165, 1.54) is 12.6 Å². The lowest BCUT2D eigenvalue weighted by atomic mass is 9.83. The van der Waals surface area contributed by atoms with Gasteiger partial charge < -0.3 is 4.90 Å². The second-order valence-electron chi connectivity index (χ2n) is 7.16. The van der Waals surface area contributed by atoms with E-state index in [1.54, 1.807) is 24.3 Å². The van der Waals surface area contributed by atoms with Crippen molar-refractivity contribution >= 4 is 15.9 Å². The van der Waals surface area contributed by atoms with E-state index in [0.29, 0.717) is 24.7 Å². The van der Waals surface area contributed by atoms with Gasteiger partial charge in [-0.1, -0.05) is 23.8 Å². The second kappa shape index (κ2) is 7.30. The number of nitrogens with one attached hydrogen (secondary N) is 1. The number of nitrogens with zero attached hydrogens (tertiary/aromatic N) is 1. The smallest absolute Gasteiger partial charge is 0.240 e. The standard InChI is InChI=1S/C19H26N2O3S/c1-14-3-7-16-12-21(13-17(16)11-14)19(22)10-6-15-4-8-18(9-5-15)25(23,24)20-2/h3-5,8-9,16-17,20H,6-7,10-13H2,1-2H3/t16-,17+/m0/s1. The molecule has 0 radical (unpaired) electrons. The summed E-state index contributed by atoms with van der Waals surface area (Å²) in [7, 11) is -2.01. The van der Waals surface area contributed by atoms with Crippen molar-refractivity contribution in [2.24, 2.45) is 11.8 Å². The molecule has 5 nitrogen and oxygen atoms in total. The van der Waals surface area contributed by atoms with Crippen LogP contribution in [0.1, 0.15) is 31.7 Å². The monoisotopic (exact) mass is 362 g/mol.